The number of hydrogen-bond acceptors (Lipinski definition) is 5. The van der Waals surface area contributed by atoms with Gasteiger partial charge in [0.15, 0.2) is 0 Å². The van der Waals surface area contributed by atoms with Crippen LogP contribution < -0.4 is 4.90 Å². The molecule has 0 spiro atoms. The Hall–Kier alpha value is -3.06. The van der Waals surface area contributed by atoms with Gasteiger partial charge in [0.1, 0.15) is 18.0 Å². The summed E-state index contributed by atoms with van der Waals surface area (Å²) in [5.74, 6) is 0.770. The highest BCUT2D eigenvalue weighted by atomic mass is 19.1. The zero-order valence-corrected chi connectivity index (χ0v) is 12.9. The number of nitrogens with zero attached hydrogens (tertiary/aromatic N) is 5. The molecule has 0 aliphatic heterocycles. The molecule has 0 atom stereocenters. The van der Waals surface area contributed by atoms with Gasteiger partial charge in [-0.25, -0.2) is 4.39 Å². The molecule has 2 heterocycles. The van der Waals surface area contributed by atoms with Gasteiger partial charge in [0.25, 0.3) is 5.78 Å². The van der Waals surface area contributed by atoms with Gasteiger partial charge in [-0.15, -0.1) is 10.2 Å². The SMILES string of the molecule is CN(c1cccc(F)c1)c1nc2nncn2c2cc(CO)ccc12. The van der Waals surface area contributed by atoms with Gasteiger partial charge in [0.2, 0.25) is 0 Å². The molecule has 7 heteroatoms. The third-order valence-electron chi connectivity index (χ3n) is 3.99. The molecule has 0 aliphatic carbocycles. The predicted octanol–water partition coefficient (Wildman–Crippen LogP) is 2.68. The van der Waals surface area contributed by atoms with Gasteiger partial charge >= 0.3 is 0 Å². The van der Waals surface area contributed by atoms with E-state index >= 15 is 0 Å². The van der Waals surface area contributed by atoms with E-state index in [0.717, 1.165) is 16.5 Å². The van der Waals surface area contributed by atoms with Crippen LogP contribution >= 0.6 is 0 Å². The van der Waals surface area contributed by atoms with Gasteiger partial charge in [-0.1, -0.05) is 12.1 Å². The fourth-order valence-electron chi connectivity index (χ4n) is 2.76. The second kappa shape index (κ2) is 5.54. The van der Waals surface area contributed by atoms with E-state index in [0.29, 0.717) is 17.3 Å². The lowest BCUT2D eigenvalue weighted by Gasteiger charge is -2.20. The van der Waals surface area contributed by atoms with Crippen molar-refractivity contribution in [3.63, 3.8) is 0 Å². The summed E-state index contributed by atoms with van der Waals surface area (Å²) in [6.45, 7) is -0.0586. The van der Waals surface area contributed by atoms with Crippen LogP contribution in [0.3, 0.4) is 0 Å². The summed E-state index contributed by atoms with van der Waals surface area (Å²) in [6.07, 6.45) is 1.58. The van der Waals surface area contributed by atoms with E-state index in [-0.39, 0.29) is 12.4 Å². The molecule has 4 rings (SSSR count). The quantitative estimate of drug-likeness (QED) is 0.628. The third kappa shape index (κ3) is 2.26. The molecule has 0 unspecified atom stereocenters. The van der Waals surface area contributed by atoms with Crippen molar-refractivity contribution in [2.75, 3.05) is 11.9 Å². The van der Waals surface area contributed by atoms with Crippen LogP contribution in [0.4, 0.5) is 15.9 Å². The van der Waals surface area contributed by atoms with Gasteiger partial charge in [-0.2, -0.15) is 4.98 Å². The van der Waals surface area contributed by atoms with Gasteiger partial charge < -0.3 is 10.0 Å². The van der Waals surface area contributed by atoms with Crippen molar-refractivity contribution in [3.05, 3.63) is 60.2 Å². The van der Waals surface area contributed by atoms with Crippen molar-refractivity contribution in [3.8, 4) is 0 Å². The molecule has 0 radical (unpaired) electrons. The predicted molar refractivity (Wildman–Crippen MR) is 88.7 cm³/mol. The molecule has 4 aromatic rings. The Morgan fingerprint density at radius 3 is 2.88 bits per heavy atom. The smallest absolute Gasteiger partial charge is 0.257 e. The minimum atomic E-state index is -0.310. The molecule has 0 fully saturated rings. The number of rotatable bonds is 3. The highest BCUT2D eigenvalue weighted by molar-refractivity contribution is 5.93. The van der Waals surface area contributed by atoms with Gasteiger partial charge in [0, 0.05) is 18.1 Å². The first-order chi connectivity index (χ1) is 11.7. The molecule has 24 heavy (non-hydrogen) atoms. The van der Waals surface area contributed by atoms with Crippen molar-refractivity contribution in [2.24, 2.45) is 0 Å². The van der Waals surface area contributed by atoms with E-state index in [9.17, 15) is 9.50 Å². The third-order valence-corrected chi connectivity index (χ3v) is 3.99. The van der Waals surface area contributed by atoms with Crippen LogP contribution in [-0.4, -0.2) is 31.7 Å². The normalized spacial score (nSPS) is 11.3. The lowest BCUT2D eigenvalue weighted by Crippen LogP contribution is -2.13. The molecule has 0 amide bonds. The van der Waals surface area contributed by atoms with Crippen molar-refractivity contribution in [1.29, 1.82) is 0 Å². The molecule has 1 N–H and O–H groups in total. The standard InChI is InChI=1S/C17H14FN5O/c1-22(13-4-2-3-12(18)8-13)16-14-6-5-11(9-24)7-15(14)23-10-19-21-17(23)20-16/h2-8,10,24H,9H2,1H3. The Morgan fingerprint density at radius 2 is 2.08 bits per heavy atom. The van der Waals surface area contributed by atoms with Crippen LogP contribution in [0.5, 0.6) is 0 Å². The molecule has 0 bridgehead atoms. The molecular formula is C17H14FN5O. The fraction of sp³-hybridized carbons (Fsp3) is 0.118. The minimum Gasteiger partial charge on any atom is -0.392 e. The number of benzene rings is 2. The number of halogens is 1. The molecule has 120 valence electrons. The average molecular weight is 323 g/mol. The minimum absolute atomic E-state index is 0.0586. The number of anilines is 2. The first kappa shape index (κ1) is 14.5. The van der Waals surface area contributed by atoms with E-state index in [1.54, 1.807) is 21.7 Å². The van der Waals surface area contributed by atoms with Gasteiger partial charge in [-0.05, 0) is 35.9 Å². The maximum Gasteiger partial charge on any atom is 0.257 e. The van der Waals surface area contributed by atoms with Gasteiger partial charge in [-0.3, -0.25) is 4.40 Å². The van der Waals surface area contributed by atoms with E-state index in [4.69, 9.17) is 0 Å². The Labute approximate surface area is 136 Å². The van der Waals surface area contributed by atoms with E-state index in [2.05, 4.69) is 15.2 Å². The zero-order valence-electron chi connectivity index (χ0n) is 12.9. The maximum atomic E-state index is 13.6. The van der Waals surface area contributed by atoms with E-state index in [1.807, 2.05) is 31.3 Å². The van der Waals surface area contributed by atoms with Crippen molar-refractivity contribution < 1.29 is 9.50 Å². The first-order valence-corrected chi connectivity index (χ1v) is 7.40. The van der Waals surface area contributed by atoms with Crippen LogP contribution in [-0.2, 0) is 6.61 Å². The molecule has 6 nitrogen and oxygen atoms in total. The molecule has 2 aromatic heterocycles. The summed E-state index contributed by atoms with van der Waals surface area (Å²) in [5.41, 5.74) is 2.29. The average Bonchev–Trinajstić information content (AvgIpc) is 3.08. The van der Waals surface area contributed by atoms with Gasteiger partial charge in [0.05, 0.1) is 12.1 Å². The number of aliphatic hydroxyl groups is 1. The van der Waals surface area contributed by atoms with Crippen molar-refractivity contribution in [2.45, 2.75) is 6.61 Å². The second-order valence-electron chi connectivity index (χ2n) is 5.48. The largest absolute Gasteiger partial charge is 0.392 e. The zero-order chi connectivity index (χ0) is 16.7. The summed E-state index contributed by atoms with van der Waals surface area (Å²) >= 11 is 0. The van der Waals surface area contributed by atoms with Crippen LogP contribution in [0.25, 0.3) is 16.7 Å². The second-order valence-corrected chi connectivity index (χ2v) is 5.48. The Bertz CT molecular complexity index is 1050. The molecule has 0 saturated carbocycles. The fourth-order valence-corrected chi connectivity index (χ4v) is 2.76. The molecular weight excluding hydrogens is 309 g/mol. The summed E-state index contributed by atoms with van der Waals surface area (Å²) in [6, 6.07) is 11.9. The number of hydrogen-bond donors (Lipinski definition) is 1. The monoisotopic (exact) mass is 323 g/mol. The molecule has 0 aliphatic rings. The summed E-state index contributed by atoms with van der Waals surface area (Å²) in [7, 11) is 1.82. The summed E-state index contributed by atoms with van der Waals surface area (Å²) in [5, 5.41) is 18.2. The van der Waals surface area contributed by atoms with Crippen LogP contribution in [0.15, 0.2) is 48.8 Å². The molecule has 2 aromatic carbocycles. The van der Waals surface area contributed by atoms with E-state index < -0.39 is 0 Å². The summed E-state index contributed by atoms with van der Waals surface area (Å²) < 4.78 is 15.3. The Morgan fingerprint density at radius 1 is 1.21 bits per heavy atom. The number of aliphatic hydroxyl groups excluding tert-OH is 1. The maximum absolute atomic E-state index is 13.6. The summed E-state index contributed by atoms with van der Waals surface area (Å²) in [4.78, 5) is 6.36. The number of fused-ring (bicyclic) bond motifs is 3. The topological polar surface area (TPSA) is 66.6 Å². The van der Waals surface area contributed by atoms with Crippen LogP contribution in [0, 0.1) is 5.82 Å². The van der Waals surface area contributed by atoms with Crippen LogP contribution in [0.1, 0.15) is 5.56 Å². The lowest BCUT2D eigenvalue weighted by molar-refractivity contribution is 0.282. The highest BCUT2D eigenvalue weighted by Gasteiger charge is 2.15. The van der Waals surface area contributed by atoms with E-state index in [1.165, 1.54) is 12.1 Å². The first-order valence-electron chi connectivity index (χ1n) is 7.40. The Balaban J connectivity index is 1.99. The highest BCUT2D eigenvalue weighted by Crippen LogP contribution is 2.30. The lowest BCUT2D eigenvalue weighted by atomic mass is 10.1. The van der Waals surface area contributed by atoms with Crippen LogP contribution in [0.2, 0.25) is 0 Å². The van der Waals surface area contributed by atoms with Crippen molar-refractivity contribution in [1.82, 2.24) is 19.6 Å². The van der Waals surface area contributed by atoms with Crippen molar-refractivity contribution >= 4 is 28.2 Å². The Kier molecular flexibility index (Phi) is 3.35. The number of aromatic nitrogens is 4. The molecule has 0 saturated heterocycles.